The zero-order chi connectivity index (χ0) is 17.6. The fourth-order valence-corrected chi connectivity index (χ4v) is 3.21. The molecule has 0 bridgehead atoms. The molecule has 2 N–H and O–H groups in total. The number of pyridine rings is 1. The van der Waals surface area contributed by atoms with Gasteiger partial charge in [-0.15, -0.1) is 0 Å². The molecule has 6 heteroatoms. The highest BCUT2D eigenvalue weighted by Crippen LogP contribution is 2.28. The molecular formula is C19H22ClN3O2. The van der Waals surface area contributed by atoms with Crippen molar-refractivity contribution in [1.29, 1.82) is 0 Å². The molecule has 25 heavy (non-hydrogen) atoms. The van der Waals surface area contributed by atoms with E-state index in [9.17, 15) is 4.79 Å². The van der Waals surface area contributed by atoms with Gasteiger partial charge < -0.3 is 15.4 Å². The average molecular weight is 360 g/mol. The molecule has 3 rings (SSSR count). The van der Waals surface area contributed by atoms with Crippen LogP contribution in [0.15, 0.2) is 36.5 Å². The molecule has 0 aliphatic heterocycles. The van der Waals surface area contributed by atoms with Crippen LogP contribution in [-0.2, 0) is 0 Å². The Morgan fingerprint density at radius 3 is 2.68 bits per heavy atom. The topological polar surface area (TPSA) is 63.2 Å². The van der Waals surface area contributed by atoms with Crippen molar-refractivity contribution in [3.05, 3.63) is 47.1 Å². The predicted molar refractivity (Wildman–Crippen MR) is 101 cm³/mol. The van der Waals surface area contributed by atoms with E-state index in [0.717, 1.165) is 5.82 Å². The fraction of sp³-hybridized carbons (Fsp3) is 0.368. The molecule has 2 aromatic rings. The minimum atomic E-state index is -0.253. The highest BCUT2D eigenvalue weighted by atomic mass is 35.5. The number of rotatable bonds is 5. The summed E-state index contributed by atoms with van der Waals surface area (Å²) in [7, 11) is 1.55. The van der Waals surface area contributed by atoms with Crippen molar-refractivity contribution < 1.29 is 9.53 Å². The summed E-state index contributed by atoms with van der Waals surface area (Å²) in [4.78, 5) is 16.8. The van der Waals surface area contributed by atoms with E-state index in [1.807, 2.05) is 6.07 Å². The van der Waals surface area contributed by atoms with Crippen molar-refractivity contribution in [3.8, 4) is 5.75 Å². The molecule has 0 unspecified atom stereocenters. The molecule has 1 aromatic carbocycles. The zero-order valence-electron chi connectivity index (χ0n) is 14.2. The molecule has 1 aliphatic carbocycles. The lowest BCUT2D eigenvalue weighted by molar-refractivity contribution is 0.102. The van der Waals surface area contributed by atoms with E-state index in [1.54, 1.807) is 37.6 Å². The number of hydrogen-bond donors (Lipinski definition) is 2. The fourth-order valence-electron chi connectivity index (χ4n) is 3.04. The first-order valence-electron chi connectivity index (χ1n) is 8.53. The standard InChI is InChI=1S/C19H22ClN3O2/c1-25-17-9-8-14(20)11-16(17)23-19(24)13-7-10-18(21-12-13)22-15-5-3-2-4-6-15/h7-12,15H,2-6H2,1H3,(H,21,22)(H,23,24). The molecule has 1 aromatic heterocycles. The molecule has 1 heterocycles. The number of carbonyl (C=O) groups excluding carboxylic acids is 1. The van der Waals surface area contributed by atoms with Gasteiger partial charge in [0.15, 0.2) is 0 Å². The van der Waals surface area contributed by atoms with Crippen LogP contribution in [0.3, 0.4) is 0 Å². The number of methoxy groups -OCH3 is 1. The third-order valence-electron chi connectivity index (χ3n) is 4.39. The van der Waals surface area contributed by atoms with Crippen molar-refractivity contribution in [2.75, 3.05) is 17.7 Å². The normalized spacial score (nSPS) is 14.8. The summed E-state index contributed by atoms with van der Waals surface area (Å²) in [6.45, 7) is 0. The van der Waals surface area contributed by atoms with Crippen LogP contribution in [0, 0.1) is 0 Å². The highest BCUT2D eigenvalue weighted by Gasteiger charge is 2.14. The van der Waals surface area contributed by atoms with Gasteiger partial charge in [0.25, 0.3) is 5.91 Å². The van der Waals surface area contributed by atoms with E-state index in [4.69, 9.17) is 16.3 Å². The Hall–Kier alpha value is -2.27. The number of nitrogens with one attached hydrogen (secondary N) is 2. The predicted octanol–water partition coefficient (Wildman–Crippen LogP) is 4.74. The zero-order valence-corrected chi connectivity index (χ0v) is 15.0. The van der Waals surface area contributed by atoms with Crippen LogP contribution in [0.5, 0.6) is 5.75 Å². The number of benzene rings is 1. The number of anilines is 2. The summed E-state index contributed by atoms with van der Waals surface area (Å²) in [6, 6.07) is 9.18. The number of aromatic nitrogens is 1. The number of ether oxygens (including phenoxy) is 1. The summed E-state index contributed by atoms with van der Waals surface area (Å²) < 4.78 is 5.24. The Morgan fingerprint density at radius 2 is 2.00 bits per heavy atom. The van der Waals surface area contributed by atoms with E-state index in [-0.39, 0.29) is 5.91 Å². The van der Waals surface area contributed by atoms with Gasteiger partial charge >= 0.3 is 0 Å². The molecule has 0 atom stereocenters. The lowest BCUT2D eigenvalue weighted by atomic mass is 9.95. The summed E-state index contributed by atoms with van der Waals surface area (Å²) in [5, 5.41) is 6.78. The highest BCUT2D eigenvalue weighted by molar-refractivity contribution is 6.31. The number of nitrogens with zero attached hydrogens (tertiary/aromatic N) is 1. The van der Waals surface area contributed by atoms with Crippen LogP contribution in [0.2, 0.25) is 5.02 Å². The smallest absolute Gasteiger partial charge is 0.257 e. The first-order valence-corrected chi connectivity index (χ1v) is 8.91. The third-order valence-corrected chi connectivity index (χ3v) is 4.63. The Kier molecular flexibility index (Phi) is 5.76. The third kappa shape index (κ3) is 4.63. The summed E-state index contributed by atoms with van der Waals surface area (Å²) in [6.07, 6.45) is 7.78. The van der Waals surface area contributed by atoms with Crippen molar-refractivity contribution in [1.82, 2.24) is 4.98 Å². The Balaban J connectivity index is 1.65. The number of carbonyl (C=O) groups is 1. The van der Waals surface area contributed by atoms with Crippen LogP contribution in [0.4, 0.5) is 11.5 Å². The van der Waals surface area contributed by atoms with Crippen molar-refractivity contribution in [3.63, 3.8) is 0 Å². The first kappa shape index (κ1) is 17.5. The molecule has 0 saturated heterocycles. The van der Waals surface area contributed by atoms with Gasteiger partial charge in [-0.1, -0.05) is 30.9 Å². The molecule has 1 fully saturated rings. The van der Waals surface area contributed by atoms with E-state index >= 15 is 0 Å². The van der Waals surface area contributed by atoms with E-state index in [0.29, 0.717) is 28.1 Å². The number of halogens is 1. The van der Waals surface area contributed by atoms with Gasteiger partial charge in [0, 0.05) is 17.3 Å². The molecule has 1 aliphatic rings. The monoisotopic (exact) mass is 359 g/mol. The minimum Gasteiger partial charge on any atom is -0.495 e. The minimum absolute atomic E-state index is 0.253. The number of amides is 1. The molecular weight excluding hydrogens is 338 g/mol. The Morgan fingerprint density at radius 1 is 1.20 bits per heavy atom. The second-order valence-corrected chi connectivity index (χ2v) is 6.65. The molecule has 0 spiro atoms. The van der Waals surface area contributed by atoms with Crippen LogP contribution in [-0.4, -0.2) is 24.0 Å². The van der Waals surface area contributed by atoms with Crippen LogP contribution >= 0.6 is 11.6 Å². The Bertz CT molecular complexity index is 728. The van der Waals surface area contributed by atoms with E-state index < -0.39 is 0 Å². The molecule has 0 radical (unpaired) electrons. The van der Waals surface area contributed by atoms with Gasteiger partial charge in [0.1, 0.15) is 11.6 Å². The lowest BCUT2D eigenvalue weighted by Gasteiger charge is -2.23. The van der Waals surface area contributed by atoms with Crippen molar-refractivity contribution in [2.24, 2.45) is 0 Å². The molecule has 5 nitrogen and oxygen atoms in total. The number of hydrogen-bond acceptors (Lipinski definition) is 4. The van der Waals surface area contributed by atoms with Gasteiger partial charge in [0.05, 0.1) is 18.4 Å². The lowest BCUT2D eigenvalue weighted by Crippen LogP contribution is -2.23. The molecule has 1 saturated carbocycles. The maximum absolute atomic E-state index is 12.4. The van der Waals surface area contributed by atoms with Crippen molar-refractivity contribution >= 4 is 29.0 Å². The van der Waals surface area contributed by atoms with Gasteiger partial charge in [-0.2, -0.15) is 0 Å². The second-order valence-electron chi connectivity index (χ2n) is 6.21. The van der Waals surface area contributed by atoms with Crippen LogP contribution < -0.4 is 15.4 Å². The molecule has 1 amide bonds. The van der Waals surface area contributed by atoms with E-state index in [2.05, 4.69) is 15.6 Å². The summed E-state index contributed by atoms with van der Waals surface area (Å²) in [5.74, 6) is 1.11. The van der Waals surface area contributed by atoms with Gasteiger partial charge in [0.2, 0.25) is 0 Å². The largest absolute Gasteiger partial charge is 0.495 e. The van der Waals surface area contributed by atoms with Crippen LogP contribution in [0.1, 0.15) is 42.5 Å². The van der Waals surface area contributed by atoms with Gasteiger partial charge in [-0.05, 0) is 43.2 Å². The van der Waals surface area contributed by atoms with Gasteiger partial charge in [-0.3, -0.25) is 4.79 Å². The quantitative estimate of drug-likeness (QED) is 0.809. The van der Waals surface area contributed by atoms with E-state index in [1.165, 1.54) is 32.1 Å². The summed E-state index contributed by atoms with van der Waals surface area (Å²) in [5.41, 5.74) is 1.01. The SMILES string of the molecule is COc1ccc(Cl)cc1NC(=O)c1ccc(NC2CCCCC2)nc1. The molecule has 132 valence electrons. The Labute approximate surface area is 152 Å². The van der Waals surface area contributed by atoms with Gasteiger partial charge in [-0.25, -0.2) is 4.98 Å². The maximum atomic E-state index is 12.4. The first-order chi connectivity index (χ1) is 12.2. The summed E-state index contributed by atoms with van der Waals surface area (Å²) >= 11 is 5.99. The maximum Gasteiger partial charge on any atom is 0.257 e. The second kappa shape index (κ2) is 8.21. The van der Waals surface area contributed by atoms with Crippen molar-refractivity contribution in [2.45, 2.75) is 38.1 Å². The average Bonchev–Trinajstić information content (AvgIpc) is 2.63. The van der Waals surface area contributed by atoms with Crippen LogP contribution in [0.25, 0.3) is 0 Å².